The van der Waals surface area contributed by atoms with E-state index in [0.717, 1.165) is 55.5 Å². The SMILES string of the molecule is CCNC(=NCc1cc(C(CC)CC)no1)NCCc1ccco1.I. The van der Waals surface area contributed by atoms with Crippen molar-refractivity contribution >= 4 is 29.9 Å². The Balaban J connectivity index is 0.00000312. The standard InChI is InChI=1S/C18H28N4O2.HI/c1-4-14(5-2)17-12-16(24-22-17)13-21-18(19-6-3)20-10-9-15-8-7-11-23-15;/h7-8,11-12,14H,4-6,9-10,13H2,1-3H3,(H2,19,20,21);1H. The average Bonchev–Trinajstić information content (AvgIpc) is 3.26. The lowest BCUT2D eigenvalue weighted by molar-refractivity contribution is 0.372. The Morgan fingerprint density at radius 2 is 2.00 bits per heavy atom. The molecular weight excluding hydrogens is 431 g/mol. The number of halogens is 1. The number of aromatic nitrogens is 1. The van der Waals surface area contributed by atoms with Crippen molar-refractivity contribution in [3.05, 3.63) is 41.7 Å². The van der Waals surface area contributed by atoms with Crippen LogP contribution in [0.2, 0.25) is 0 Å². The van der Waals surface area contributed by atoms with Crippen LogP contribution in [0.1, 0.15) is 56.7 Å². The molecule has 0 bridgehead atoms. The minimum Gasteiger partial charge on any atom is -0.469 e. The molecular formula is C18H29IN4O2. The lowest BCUT2D eigenvalue weighted by Crippen LogP contribution is -2.38. The largest absolute Gasteiger partial charge is 0.469 e. The van der Waals surface area contributed by atoms with Crippen molar-refractivity contribution < 1.29 is 8.94 Å². The number of aliphatic imine (C=N–C) groups is 1. The number of hydrogen-bond donors (Lipinski definition) is 2. The molecule has 0 aliphatic rings. The maximum absolute atomic E-state index is 5.41. The highest BCUT2D eigenvalue weighted by Gasteiger charge is 2.12. The fourth-order valence-electron chi connectivity index (χ4n) is 2.56. The third kappa shape index (κ3) is 7.09. The van der Waals surface area contributed by atoms with Gasteiger partial charge in [-0.1, -0.05) is 19.0 Å². The Labute approximate surface area is 166 Å². The Kier molecular flexibility index (Phi) is 10.3. The molecule has 7 heteroatoms. The number of hydrogen-bond acceptors (Lipinski definition) is 4. The summed E-state index contributed by atoms with van der Waals surface area (Å²) in [7, 11) is 0. The van der Waals surface area contributed by atoms with Gasteiger partial charge in [0.15, 0.2) is 11.7 Å². The zero-order chi connectivity index (χ0) is 17.2. The molecule has 0 atom stereocenters. The lowest BCUT2D eigenvalue weighted by Gasteiger charge is -2.10. The van der Waals surface area contributed by atoms with Gasteiger partial charge in [-0.3, -0.25) is 0 Å². The second-order valence-electron chi connectivity index (χ2n) is 5.68. The van der Waals surface area contributed by atoms with Gasteiger partial charge in [-0.25, -0.2) is 4.99 Å². The smallest absolute Gasteiger partial charge is 0.191 e. The molecule has 0 saturated carbocycles. The van der Waals surface area contributed by atoms with Gasteiger partial charge in [0.2, 0.25) is 0 Å². The average molecular weight is 460 g/mol. The second kappa shape index (κ2) is 11.9. The molecule has 2 heterocycles. The van der Waals surface area contributed by atoms with Crippen molar-refractivity contribution in [3.63, 3.8) is 0 Å². The summed E-state index contributed by atoms with van der Waals surface area (Å²) in [6, 6.07) is 5.89. The van der Waals surface area contributed by atoms with Crippen molar-refractivity contribution in [1.82, 2.24) is 15.8 Å². The van der Waals surface area contributed by atoms with E-state index < -0.39 is 0 Å². The molecule has 0 fully saturated rings. The number of guanidine groups is 1. The molecule has 0 aliphatic heterocycles. The van der Waals surface area contributed by atoms with E-state index in [0.29, 0.717) is 12.5 Å². The van der Waals surface area contributed by atoms with Crippen LogP contribution >= 0.6 is 24.0 Å². The number of rotatable bonds is 9. The third-order valence-corrected chi connectivity index (χ3v) is 3.96. The normalized spacial score (nSPS) is 11.4. The quantitative estimate of drug-likeness (QED) is 0.335. The van der Waals surface area contributed by atoms with Crippen LogP contribution < -0.4 is 10.6 Å². The summed E-state index contributed by atoms with van der Waals surface area (Å²) in [6.07, 6.45) is 4.65. The zero-order valence-electron chi connectivity index (χ0n) is 15.2. The minimum atomic E-state index is 0. The lowest BCUT2D eigenvalue weighted by atomic mass is 9.99. The van der Waals surface area contributed by atoms with E-state index in [-0.39, 0.29) is 24.0 Å². The first-order chi connectivity index (χ1) is 11.8. The zero-order valence-corrected chi connectivity index (χ0v) is 17.6. The van der Waals surface area contributed by atoms with Crippen molar-refractivity contribution in [2.45, 2.75) is 52.5 Å². The maximum Gasteiger partial charge on any atom is 0.191 e. The van der Waals surface area contributed by atoms with Gasteiger partial charge in [-0.2, -0.15) is 0 Å². The molecule has 6 nitrogen and oxygen atoms in total. The van der Waals surface area contributed by atoms with Gasteiger partial charge in [0.1, 0.15) is 12.3 Å². The van der Waals surface area contributed by atoms with Crippen LogP contribution in [0.15, 0.2) is 38.4 Å². The summed E-state index contributed by atoms with van der Waals surface area (Å²) in [5, 5.41) is 10.7. The molecule has 0 saturated heterocycles. The Morgan fingerprint density at radius 1 is 1.20 bits per heavy atom. The first-order valence-corrected chi connectivity index (χ1v) is 8.76. The highest BCUT2D eigenvalue weighted by Crippen LogP contribution is 2.22. The monoisotopic (exact) mass is 460 g/mol. The summed E-state index contributed by atoms with van der Waals surface area (Å²) in [4.78, 5) is 4.56. The summed E-state index contributed by atoms with van der Waals surface area (Å²) in [5.41, 5.74) is 1.03. The molecule has 2 rings (SSSR count). The van der Waals surface area contributed by atoms with E-state index in [9.17, 15) is 0 Å². The van der Waals surface area contributed by atoms with Crippen LogP contribution in [0.5, 0.6) is 0 Å². The topological polar surface area (TPSA) is 75.6 Å². The molecule has 0 aromatic carbocycles. The molecule has 0 aliphatic carbocycles. The van der Waals surface area contributed by atoms with Gasteiger partial charge >= 0.3 is 0 Å². The molecule has 25 heavy (non-hydrogen) atoms. The summed E-state index contributed by atoms with van der Waals surface area (Å²) in [6.45, 7) is 8.43. The predicted molar refractivity (Wildman–Crippen MR) is 110 cm³/mol. The molecule has 0 amide bonds. The van der Waals surface area contributed by atoms with E-state index in [1.807, 2.05) is 25.1 Å². The second-order valence-corrected chi connectivity index (χ2v) is 5.68. The number of furan rings is 1. The first kappa shape index (κ1) is 21.5. The maximum atomic E-state index is 5.41. The summed E-state index contributed by atoms with van der Waals surface area (Å²) in [5.74, 6) is 2.99. The fraction of sp³-hybridized carbons (Fsp3) is 0.556. The number of nitrogens with zero attached hydrogens (tertiary/aromatic N) is 2. The molecule has 0 unspecified atom stereocenters. The molecule has 140 valence electrons. The number of nitrogens with one attached hydrogen (secondary N) is 2. The summed E-state index contributed by atoms with van der Waals surface area (Å²) >= 11 is 0. The highest BCUT2D eigenvalue weighted by molar-refractivity contribution is 14.0. The minimum absolute atomic E-state index is 0. The van der Waals surface area contributed by atoms with E-state index in [1.165, 1.54) is 0 Å². The van der Waals surface area contributed by atoms with Gasteiger partial charge in [-0.15, -0.1) is 24.0 Å². The molecule has 2 aromatic rings. The Bertz CT molecular complexity index is 606. The van der Waals surface area contributed by atoms with E-state index in [2.05, 4.69) is 34.6 Å². The Morgan fingerprint density at radius 3 is 2.64 bits per heavy atom. The van der Waals surface area contributed by atoms with Crippen molar-refractivity contribution in [1.29, 1.82) is 0 Å². The molecule has 0 radical (unpaired) electrons. The Hall–Kier alpha value is -1.51. The van der Waals surface area contributed by atoms with Crippen LogP contribution in [0.3, 0.4) is 0 Å². The van der Waals surface area contributed by atoms with Crippen molar-refractivity contribution in [2.75, 3.05) is 13.1 Å². The van der Waals surface area contributed by atoms with Gasteiger partial charge in [0.05, 0.1) is 12.0 Å². The van der Waals surface area contributed by atoms with Crippen molar-refractivity contribution in [3.8, 4) is 0 Å². The van der Waals surface area contributed by atoms with Crippen LogP contribution in [-0.2, 0) is 13.0 Å². The van der Waals surface area contributed by atoms with Gasteiger partial charge in [0.25, 0.3) is 0 Å². The van der Waals surface area contributed by atoms with Gasteiger partial charge in [-0.05, 0) is 31.9 Å². The predicted octanol–water partition coefficient (Wildman–Crippen LogP) is 4.09. The fourth-order valence-corrected chi connectivity index (χ4v) is 2.56. The van der Waals surface area contributed by atoms with Crippen LogP contribution in [0, 0.1) is 0 Å². The van der Waals surface area contributed by atoms with Gasteiger partial charge in [0, 0.05) is 31.5 Å². The molecule has 0 spiro atoms. The summed E-state index contributed by atoms with van der Waals surface area (Å²) < 4.78 is 10.7. The third-order valence-electron chi connectivity index (χ3n) is 3.96. The van der Waals surface area contributed by atoms with Gasteiger partial charge < -0.3 is 19.6 Å². The van der Waals surface area contributed by atoms with E-state index >= 15 is 0 Å². The van der Waals surface area contributed by atoms with Crippen molar-refractivity contribution in [2.24, 2.45) is 4.99 Å². The van der Waals surface area contributed by atoms with E-state index in [1.54, 1.807) is 6.26 Å². The van der Waals surface area contributed by atoms with E-state index in [4.69, 9.17) is 8.94 Å². The first-order valence-electron chi connectivity index (χ1n) is 8.76. The molecule has 2 aromatic heterocycles. The van der Waals surface area contributed by atoms with Crippen LogP contribution in [-0.4, -0.2) is 24.2 Å². The van der Waals surface area contributed by atoms with Crippen LogP contribution in [0.25, 0.3) is 0 Å². The van der Waals surface area contributed by atoms with Crippen LogP contribution in [0.4, 0.5) is 0 Å². The molecule has 2 N–H and O–H groups in total. The highest BCUT2D eigenvalue weighted by atomic mass is 127.